The van der Waals surface area contributed by atoms with Gasteiger partial charge >= 0.3 is 0 Å². The Morgan fingerprint density at radius 2 is 1.60 bits per heavy atom. The number of hydrogen-bond acceptors (Lipinski definition) is 19. The normalized spacial score (nSPS) is 17.6. The first-order chi connectivity index (χ1) is 48.4. The van der Waals surface area contributed by atoms with Crippen LogP contribution < -0.4 is 35.2 Å². The number of aromatic amines is 1. The van der Waals surface area contributed by atoms with Crippen LogP contribution in [0.2, 0.25) is 5.02 Å². The van der Waals surface area contributed by atoms with Gasteiger partial charge in [0.15, 0.2) is 0 Å². The molecule has 2 saturated heterocycles. The van der Waals surface area contributed by atoms with Crippen LogP contribution in [0.3, 0.4) is 0 Å². The first kappa shape index (κ1) is 73.7. The molecular weight excluding hydrogens is 1350 g/mol. The summed E-state index contributed by atoms with van der Waals surface area (Å²) in [5.41, 5.74) is 10.3. The summed E-state index contributed by atoms with van der Waals surface area (Å²) in [5.74, 6) is -1.39. The number of nitrogens with zero attached hydrogens (tertiary/aromatic N) is 7. The van der Waals surface area contributed by atoms with Gasteiger partial charge in [-0.1, -0.05) is 95.1 Å². The zero-order chi connectivity index (χ0) is 71.6. The average molecular weight is 1440 g/mol. The molecule has 4 amide bonds. The molecule has 3 aromatic heterocycles. The van der Waals surface area contributed by atoms with E-state index in [1.54, 1.807) is 28.5 Å². The number of sulfonamides is 1. The maximum atomic E-state index is 14.8. The van der Waals surface area contributed by atoms with E-state index in [2.05, 4.69) is 66.4 Å². The molecule has 0 spiro atoms. The standard InChI is InChI=1S/C74H91ClN12O12S2/c1-48-39-63(70(90)78-44-50-9-11-52(12-10-50)66-49(2)79-47-100-66)86(45-48)72(91)67(73(3,4)5)80-65(88)23-33-96-35-37-98-38-36-97-34-26-76-60-19-18-57(42-62(60)87(92)93)101(94,95)82-69(89)58-41-56(17-20-61(58)85-27-8-32-99-71-64(85)40-53-22-25-77-68(53)81-71)84-30-28-83(29-31-84)46-54-21-24-74(6,7)43-59(54)51-13-15-55(75)16-14-51/h9-20,22,25,40-42,47-48,63,67,76H,8,21,23-24,26-39,43-46H2,1-7H3,(H,77,81)(H,78,90)(H,80,88)(H,82,89)/t48-,63+,67-/m1/s1. The summed E-state index contributed by atoms with van der Waals surface area (Å²) >= 11 is 7.88. The van der Waals surface area contributed by atoms with Crippen LogP contribution in [0.25, 0.3) is 27.0 Å². The Morgan fingerprint density at radius 3 is 2.32 bits per heavy atom. The summed E-state index contributed by atoms with van der Waals surface area (Å²) in [4.78, 5) is 88.8. The number of fused-ring (bicyclic) bond motifs is 2. The van der Waals surface area contributed by atoms with Gasteiger partial charge in [0, 0.05) is 93.7 Å². The maximum absolute atomic E-state index is 14.8. The molecule has 1 aliphatic carbocycles. The Bertz CT molecular complexity index is 4260. The quantitative estimate of drug-likeness (QED) is 0.0173. The second kappa shape index (κ2) is 32.7. The highest BCUT2D eigenvalue weighted by Crippen LogP contribution is 2.45. The molecular formula is C74H91ClN12O12S2. The number of carbonyl (C=O) groups is 4. The number of anilines is 4. The van der Waals surface area contributed by atoms with Gasteiger partial charge < -0.3 is 54.6 Å². The number of rotatable bonds is 28. The Labute approximate surface area is 599 Å². The number of thiazole rings is 1. The molecule has 2 fully saturated rings. The Morgan fingerprint density at radius 1 is 0.881 bits per heavy atom. The highest BCUT2D eigenvalue weighted by Gasteiger charge is 2.44. The molecule has 0 bridgehead atoms. The number of benzene rings is 4. The molecule has 538 valence electrons. The zero-order valence-corrected chi connectivity index (χ0v) is 60.8. The van der Waals surface area contributed by atoms with Gasteiger partial charge in [-0.25, -0.2) is 18.1 Å². The van der Waals surface area contributed by atoms with Crippen molar-refractivity contribution in [2.75, 3.05) is 114 Å². The van der Waals surface area contributed by atoms with E-state index in [-0.39, 0.29) is 92.9 Å². The molecule has 24 nitrogen and oxygen atoms in total. The van der Waals surface area contributed by atoms with Crippen LogP contribution in [-0.4, -0.2) is 172 Å². The van der Waals surface area contributed by atoms with Crippen LogP contribution in [0, 0.1) is 33.8 Å². The van der Waals surface area contributed by atoms with E-state index in [1.165, 1.54) is 28.8 Å². The summed E-state index contributed by atoms with van der Waals surface area (Å²) < 4.78 is 54.0. The third-order valence-corrected chi connectivity index (χ3v) is 21.6. The number of likely N-dealkylation sites (tertiary alicyclic amines) is 1. The van der Waals surface area contributed by atoms with Crippen LogP contribution in [0.15, 0.2) is 119 Å². The van der Waals surface area contributed by atoms with E-state index in [4.69, 9.17) is 35.5 Å². The molecule has 4 aromatic carbocycles. The fraction of sp³-hybridized carbons (Fsp3) is 0.459. The number of H-pyrrole nitrogens is 1. The van der Waals surface area contributed by atoms with E-state index in [0.717, 1.165) is 77.7 Å². The highest BCUT2D eigenvalue weighted by atomic mass is 35.5. The van der Waals surface area contributed by atoms with E-state index in [1.807, 2.05) is 106 Å². The molecule has 0 saturated carbocycles. The van der Waals surface area contributed by atoms with Crippen molar-refractivity contribution in [1.82, 2.24) is 40.1 Å². The zero-order valence-electron chi connectivity index (χ0n) is 58.4. The average Bonchev–Trinajstić information content (AvgIpc) is 1.75. The molecule has 101 heavy (non-hydrogen) atoms. The first-order valence-corrected chi connectivity index (χ1v) is 37.3. The number of hydrogen-bond donors (Lipinski definition) is 5. The van der Waals surface area contributed by atoms with Gasteiger partial charge in [0.1, 0.15) is 29.1 Å². The fourth-order valence-electron chi connectivity index (χ4n) is 13.5. The number of aromatic nitrogens is 3. The summed E-state index contributed by atoms with van der Waals surface area (Å²) in [6, 6.07) is 27.3. The summed E-state index contributed by atoms with van der Waals surface area (Å²) in [6.07, 6.45) is 5.94. The van der Waals surface area contributed by atoms with Crippen molar-refractivity contribution in [3.8, 4) is 16.3 Å². The number of aryl methyl sites for hydroxylation is 1. The lowest BCUT2D eigenvalue weighted by Gasteiger charge is -2.39. The number of halogens is 1. The van der Waals surface area contributed by atoms with E-state index in [9.17, 15) is 37.7 Å². The Kier molecular flexibility index (Phi) is 23.8. The summed E-state index contributed by atoms with van der Waals surface area (Å²) in [7, 11) is -4.70. The topological polar surface area (TPSA) is 285 Å². The van der Waals surface area contributed by atoms with Crippen LogP contribution in [0.1, 0.15) is 107 Å². The minimum Gasteiger partial charge on any atom is -0.476 e. The van der Waals surface area contributed by atoms with Crippen LogP contribution in [0.5, 0.6) is 5.88 Å². The Balaban J connectivity index is 0.639. The second-order valence-electron chi connectivity index (χ2n) is 28.3. The van der Waals surface area contributed by atoms with Crippen molar-refractivity contribution in [1.29, 1.82) is 0 Å². The lowest BCUT2D eigenvalue weighted by atomic mass is 9.72. The van der Waals surface area contributed by atoms with Crippen molar-refractivity contribution in [2.24, 2.45) is 16.7 Å². The van der Waals surface area contributed by atoms with Crippen molar-refractivity contribution in [3.05, 3.63) is 152 Å². The smallest absolute Gasteiger partial charge is 0.293 e. The van der Waals surface area contributed by atoms with Gasteiger partial charge in [-0.15, -0.1) is 11.3 Å². The molecule has 27 heteroatoms. The fourth-order valence-corrected chi connectivity index (χ4v) is 15.4. The third-order valence-electron chi connectivity index (χ3n) is 19.0. The number of piperazine rings is 1. The molecule has 3 atom stereocenters. The van der Waals surface area contributed by atoms with Crippen LogP contribution in [0.4, 0.5) is 28.4 Å². The lowest BCUT2D eigenvalue weighted by Crippen LogP contribution is -2.57. The van der Waals surface area contributed by atoms with Gasteiger partial charge in [0.05, 0.1) is 83.4 Å². The predicted molar refractivity (Wildman–Crippen MR) is 392 cm³/mol. The number of pyridine rings is 1. The molecule has 3 aliphatic heterocycles. The van der Waals surface area contributed by atoms with Crippen LogP contribution >= 0.6 is 22.9 Å². The minimum atomic E-state index is -4.70. The van der Waals surface area contributed by atoms with E-state index in [0.29, 0.717) is 80.1 Å². The number of amides is 4. The van der Waals surface area contributed by atoms with Gasteiger partial charge in [-0.3, -0.25) is 34.2 Å². The summed E-state index contributed by atoms with van der Waals surface area (Å²) in [6.45, 7) is 20.5. The molecule has 0 unspecified atom stereocenters. The van der Waals surface area contributed by atoms with Crippen LogP contribution in [-0.2, 0) is 45.2 Å². The lowest BCUT2D eigenvalue weighted by molar-refractivity contribution is -0.384. The number of carbonyl (C=O) groups excluding carboxylic acids is 4. The molecule has 5 N–H and O–H groups in total. The molecule has 11 rings (SSSR count). The summed E-state index contributed by atoms with van der Waals surface area (Å²) in [5, 5.41) is 22.9. The third kappa shape index (κ3) is 18.6. The number of nitro benzene ring substituents is 1. The number of nitrogens with one attached hydrogen (secondary N) is 5. The largest absolute Gasteiger partial charge is 0.476 e. The van der Waals surface area contributed by atoms with Crippen molar-refractivity contribution >= 4 is 102 Å². The maximum Gasteiger partial charge on any atom is 0.293 e. The van der Waals surface area contributed by atoms with Gasteiger partial charge in [-0.05, 0) is 133 Å². The predicted octanol–water partition coefficient (Wildman–Crippen LogP) is 11.3. The monoisotopic (exact) mass is 1440 g/mol. The van der Waals surface area contributed by atoms with Crippen molar-refractivity contribution in [2.45, 2.75) is 111 Å². The Hall–Kier alpha value is -8.50. The van der Waals surface area contributed by atoms with Gasteiger partial charge in [0.2, 0.25) is 23.6 Å². The van der Waals surface area contributed by atoms with E-state index >= 15 is 0 Å². The molecule has 4 aliphatic rings. The van der Waals surface area contributed by atoms with Crippen molar-refractivity contribution in [3.63, 3.8) is 0 Å². The van der Waals surface area contributed by atoms with Gasteiger partial charge in [-0.2, -0.15) is 4.98 Å². The second-order valence-corrected chi connectivity index (χ2v) is 31.2. The first-order valence-electron chi connectivity index (χ1n) is 34.5. The van der Waals surface area contributed by atoms with Gasteiger partial charge in [0.25, 0.3) is 21.6 Å². The van der Waals surface area contributed by atoms with Crippen molar-refractivity contribution < 1.29 is 51.5 Å². The number of ether oxygens (including phenoxy) is 4. The minimum absolute atomic E-state index is 0.00434. The molecule has 6 heterocycles. The SMILES string of the molecule is Cc1ncsc1-c1ccc(CNC(=O)[C@@H]2C[C@@H](C)CN2C(=O)[C@@H](NC(=O)CCOCCOCCOCCNc2ccc(S(=O)(=O)NC(=O)c3cc(N4CCN(CC5=C(c6ccc(Cl)cc6)CC(C)(C)CC5)CC4)ccc3N3CCCOc4nc5[nH]ccc5cc43)cc2[N+](=O)[O-])C(C)(C)C)cc1. The molecule has 7 aromatic rings. The highest BCUT2D eigenvalue weighted by molar-refractivity contribution is 7.90. The van der Waals surface area contributed by atoms with E-state index < -0.39 is 48.9 Å². The molecule has 0 radical (unpaired) electrons. The number of allylic oxidation sites excluding steroid dienone is 1. The number of nitro groups is 1.